The second kappa shape index (κ2) is 3.40. The molecule has 74 valence electrons. The van der Waals surface area contributed by atoms with Crippen molar-refractivity contribution in [3.05, 3.63) is 35.1 Å². The summed E-state index contributed by atoms with van der Waals surface area (Å²) < 4.78 is 13.5. The van der Waals surface area contributed by atoms with Crippen molar-refractivity contribution in [2.75, 3.05) is 0 Å². The van der Waals surface area contributed by atoms with Crippen molar-refractivity contribution in [2.24, 2.45) is 0 Å². The van der Waals surface area contributed by atoms with E-state index in [9.17, 15) is 9.18 Å². The predicted octanol–water partition coefficient (Wildman–Crippen LogP) is 2.03. The van der Waals surface area contributed by atoms with Crippen molar-refractivity contribution in [3.8, 4) is 0 Å². The highest BCUT2D eigenvalue weighted by Crippen LogP contribution is 2.20. The molecule has 0 radical (unpaired) electrons. The minimum atomic E-state index is -0.411. The topological polar surface area (TPSA) is 29.1 Å². The molecule has 1 aromatic carbocycles. The summed E-state index contributed by atoms with van der Waals surface area (Å²) in [5, 5.41) is 2.76. The predicted molar refractivity (Wildman–Crippen MR) is 51.6 cm³/mol. The van der Waals surface area contributed by atoms with Gasteiger partial charge in [-0.25, -0.2) is 4.39 Å². The van der Waals surface area contributed by atoms with Gasteiger partial charge < -0.3 is 5.32 Å². The van der Waals surface area contributed by atoms with Gasteiger partial charge in [-0.3, -0.25) is 4.79 Å². The van der Waals surface area contributed by atoms with E-state index in [4.69, 9.17) is 0 Å². The summed E-state index contributed by atoms with van der Waals surface area (Å²) in [4.78, 5) is 11.5. The summed E-state index contributed by atoms with van der Waals surface area (Å²) in [7, 11) is 0. The van der Waals surface area contributed by atoms with Crippen molar-refractivity contribution < 1.29 is 9.18 Å². The van der Waals surface area contributed by atoms with Gasteiger partial charge in [0.15, 0.2) is 0 Å². The Bertz CT molecular complexity index is 372. The molecule has 1 N–H and O–H groups in total. The van der Waals surface area contributed by atoms with Gasteiger partial charge >= 0.3 is 0 Å². The number of nitrogens with one attached hydrogen (secondary N) is 1. The Morgan fingerprint density at radius 2 is 2.21 bits per heavy atom. The van der Waals surface area contributed by atoms with Crippen molar-refractivity contribution in [3.63, 3.8) is 0 Å². The second-order valence-electron chi connectivity index (χ2n) is 3.68. The van der Waals surface area contributed by atoms with Gasteiger partial charge in [0.25, 0.3) is 5.91 Å². The molecule has 1 aliphatic carbocycles. The molecule has 0 heterocycles. The maximum Gasteiger partial charge on any atom is 0.254 e. The molecular formula is C11H12FNO. The number of hydrogen-bond acceptors (Lipinski definition) is 1. The average Bonchev–Trinajstić information content (AvgIpc) is 2.93. The SMILES string of the molecule is Cc1cccc(C(=O)NC2CC2)c1F. The van der Waals surface area contributed by atoms with Crippen molar-refractivity contribution >= 4 is 5.91 Å². The molecular weight excluding hydrogens is 181 g/mol. The third kappa shape index (κ3) is 1.76. The summed E-state index contributed by atoms with van der Waals surface area (Å²) in [5.74, 6) is -0.709. The summed E-state index contributed by atoms with van der Waals surface area (Å²) in [6.45, 7) is 1.66. The lowest BCUT2D eigenvalue weighted by atomic mass is 10.1. The quantitative estimate of drug-likeness (QED) is 0.765. The van der Waals surface area contributed by atoms with Crippen LogP contribution in [0.15, 0.2) is 18.2 Å². The van der Waals surface area contributed by atoms with Crippen LogP contribution in [0.3, 0.4) is 0 Å². The number of rotatable bonds is 2. The summed E-state index contributed by atoms with van der Waals surface area (Å²) in [5.41, 5.74) is 0.658. The highest BCUT2D eigenvalue weighted by molar-refractivity contribution is 5.95. The highest BCUT2D eigenvalue weighted by atomic mass is 19.1. The molecule has 1 saturated carbocycles. The van der Waals surface area contributed by atoms with Gasteiger partial charge in [0.2, 0.25) is 0 Å². The van der Waals surface area contributed by atoms with Gasteiger partial charge in [-0.05, 0) is 31.4 Å². The van der Waals surface area contributed by atoms with Crippen LogP contribution in [0.2, 0.25) is 0 Å². The highest BCUT2D eigenvalue weighted by Gasteiger charge is 2.25. The van der Waals surface area contributed by atoms with Crippen molar-refractivity contribution in [1.82, 2.24) is 5.32 Å². The number of benzene rings is 1. The molecule has 3 heteroatoms. The molecule has 14 heavy (non-hydrogen) atoms. The van der Waals surface area contributed by atoms with Gasteiger partial charge in [0, 0.05) is 6.04 Å². The Balaban J connectivity index is 2.21. The van der Waals surface area contributed by atoms with Gasteiger partial charge in [0.05, 0.1) is 5.56 Å². The number of carbonyl (C=O) groups excluding carboxylic acids is 1. The average molecular weight is 193 g/mol. The first-order chi connectivity index (χ1) is 6.68. The third-order valence-electron chi connectivity index (χ3n) is 2.35. The maximum atomic E-state index is 13.5. The fraction of sp³-hybridized carbons (Fsp3) is 0.364. The Kier molecular flexibility index (Phi) is 2.23. The van der Waals surface area contributed by atoms with Crippen LogP contribution in [0.1, 0.15) is 28.8 Å². The Labute approximate surface area is 82.1 Å². The van der Waals surface area contributed by atoms with E-state index < -0.39 is 5.82 Å². The third-order valence-corrected chi connectivity index (χ3v) is 2.35. The molecule has 0 unspecified atom stereocenters. The van der Waals surface area contributed by atoms with Crippen LogP contribution in [0.4, 0.5) is 4.39 Å². The fourth-order valence-electron chi connectivity index (χ4n) is 1.31. The smallest absolute Gasteiger partial charge is 0.254 e. The number of carbonyl (C=O) groups is 1. The summed E-state index contributed by atoms with van der Waals surface area (Å²) >= 11 is 0. The number of halogens is 1. The monoisotopic (exact) mass is 193 g/mol. The molecule has 0 aromatic heterocycles. The van der Waals surface area contributed by atoms with E-state index in [1.54, 1.807) is 19.1 Å². The lowest BCUT2D eigenvalue weighted by Gasteiger charge is -2.05. The van der Waals surface area contributed by atoms with E-state index in [1.807, 2.05) is 0 Å². The van der Waals surface area contributed by atoms with E-state index in [0.29, 0.717) is 5.56 Å². The Morgan fingerprint density at radius 3 is 2.86 bits per heavy atom. The van der Waals surface area contributed by atoms with E-state index in [0.717, 1.165) is 12.8 Å². The van der Waals surface area contributed by atoms with Crippen molar-refractivity contribution in [2.45, 2.75) is 25.8 Å². The largest absolute Gasteiger partial charge is 0.349 e. The van der Waals surface area contributed by atoms with Crippen LogP contribution in [0.5, 0.6) is 0 Å². The lowest BCUT2D eigenvalue weighted by Crippen LogP contribution is -2.26. The number of aryl methyl sites for hydroxylation is 1. The summed E-state index contributed by atoms with van der Waals surface area (Å²) in [6, 6.07) is 5.13. The van der Waals surface area contributed by atoms with Gasteiger partial charge in [-0.1, -0.05) is 12.1 Å². The molecule has 1 fully saturated rings. The van der Waals surface area contributed by atoms with E-state index in [-0.39, 0.29) is 17.5 Å². The van der Waals surface area contributed by atoms with Crippen LogP contribution in [-0.4, -0.2) is 11.9 Å². The van der Waals surface area contributed by atoms with E-state index in [2.05, 4.69) is 5.32 Å². The molecule has 0 atom stereocenters. The molecule has 1 aliphatic rings. The molecule has 2 rings (SSSR count). The van der Waals surface area contributed by atoms with Crippen LogP contribution in [-0.2, 0) is 0 Å². The van der Waals surface area contributed by atoms with E-state index >= 15 is 0 Å². The van der Waals surface area contributed by atoms with Crippen LogP contribution < -0.4 is 5.32 Å². The molecule has 0 aliphatic heterocycles. The lowest BCUT2D eigenvalue weighted by molar-refractivity contribution is 0.0947. The minimum absolute atomic E-state index is 0.150. The van der Waals surface area contributed by atoms with Gasteiger partial charge in [0.1, 0.15) is 5.82 Å². The molecule has 0 saturated heterocycles. The fourth-order valence-corrected chi connectivity index (χ4v) is 1.31. The first-order valence-corrected chi connectivity index (χ1v) is 4.74. The number of amides is 1. The molecule has 1 amide bonds. The first-order valence-electron chi connectivity index (χ1n) is 4.74. The zero-order valence-electron chi connectivity index (χ0n) is 8.01. The molecule has 1 aromatic rings. The Morgan fingerprint density at radius 1 is 1.50 bits per heavy atom. The van der Waals surface area contributed by atoms with Crippen LogP contribution in [0.25, 0.3) is 0 Å². The zero-order chi connectivity index (χ0) is 10.1. The van der Waals surface area contributed by atoms with Gasteiger partial charge in [-0.15, -0.1) is 0 Å². The second-order valence-corrected chi connectivity index (χ2v) is 3.68. The standard InChI is InChI=1S/C11H12FNO/c1-7-3-2-4-9(10(7)12)11(14)13-8-5-6-8/h2-4,8H,5-6H2,1H3,(H,13,14). The summed E-state index contributed by atoms with van der Waals surface area (Å²) in [6.07, 6.45) is 2.03. The Hall–Kier alpha value is -1.38. The molecule has 0 bridgehead atoms. The van der Waals surface area contributed by atoms with Crippen LogP contribution in [0, 0.1) is 12.7 Å². The first kappa shape index (κ1) is 9.19. The van der Waals surface area contributed by atoms with Crippen LogP contribution >= 0.6 is 0 Å². The van der Waals surface area contributed by atoms with Crippen molar-refractivity contribution in [1.29, 1.82) is 0 Å². The maximum absolute atomic E-state index is 13.5. The minimum Gasteiger partial charge on any atom is -0.349 e. The molecule has 0 spiro atoms. The van der Waals surface area contributed by atoms with Gasteiger partial charge in [-0.2, -0.15) is 0 Å². The normalized spacial score (nSPS) is 15.3. The van der Waals surface area contributed by atoms with E-state index in [1.165, 1.54) is 6.07 Å². The zero-order valence-corrected chi connectivity index (χ0v) is 8.01. The number of hydrogen-bond donors (Lipinski definition) is 1. The molecule has 2 nitrogen and oxygen atoms in total.